The molecule has 0 saturated carbocycles. The number of carbonyl (C=O) groups is 2. The molecular formula is C20H23NO6S. The number of carbonyl (C=O) groups excluding carboxylic acids is 2. The van der Waals surface area contributed by atoms with E-state index in [0.29, 0.717) is 29.2 Å². The van der Waals surface area contributed by atoms with Gasteiger partial charge in [0.1, 0.15) is 11.5 Å². The van der Waals surface area contributed by atoms with Gasteiger partial charge in [0.2, 0.25) is 5.91 Å². The zero-order valence-corrected chi connectivity index (χ0v) is 16.6. The van der Waals surface area contributed by atoms with E-state index in [0.717, 1.165) is 6.42 Å². The van der Waals surface area contributed by atoms with Gasteiger partial charge in [-0.15, -0.1) is 0 Å². The summed E-state index contributed by atoms with van der Waals surface area (Å²) in [6, 6.07) is 12.7. The standard InChI is InChI=1S/C20H23NO6S/c1-3-12-27-20(23)16-6-4-15(5-7-16)13-28(24,25)14-19(22)21-17-8-10-18(26-2)11-9-17/h4-11H,3,12-14H2,1-2H3,(H,21,22). The molecular weight excluding hydrogens is 382 g/mol. The third-order valence-electron chi connectivity index (χ3n) is 3.74. The van der Waals surface area contributed by atoms with Gasteiger partial charge >= 0.3 is 5.97 Å². The van der Waals surface area contributed by atoms with E-state index in [9.17, 15) is 18.0 Å². The molecule has 28 heavy (non-hydrogen) atoms. The molecule has 0 unspecified atom stereocenters. The van der Waals surface area contributed by atoms with Gasteiger partial charge in [-0.25, -0.2) is 13.2 Å². The molecule has 1 N–H and O–H groups in total. The van der Waals surface area contributed by atoms with Gasteiger partial charge in [0.25, 0.3) is 0 Å². The quantitative estimate of drug-likeness (QED) is 0.644. The van der Waals surface area contributed by atoms with Crippen molar-refractivity contribution in [2.75, 3.05) is 24.8 Å². The van der Waals surface area contributed by atoms with Gasteiger partial charge in [-0.1, -0.05) is 19.1 Å². The van der Waals surface area contributed by atoms with E-state index in [1.807, 2.05) is 6.92 Å². The fourth-order valence-electron chi connectivity index (χ4n) is 2.39. The first-order valence-electron chi connectivity index (χ1n) is 8.73. The van der Waals surface area contributed by atoms with Gasteiger partial charge in [0.05, 0.1) is 25.0 Å². The highest BCUT2D eigenvalue weighted by molar-refractivity contribution is 7.91. The summed E-state index contributed by atoms with van der Waals surface area (Å²) < 4.78 is 34.6. The maximum atomic E-state index is 12.3. The number of hydrogen-bond acceptors (Lipinski definition) is 6. The first-order chi connectivity index (χ1) is 13.3. The average Bonchev–Trinajstić information content (AvgIpc) is 2.66. The van der Waals surface area contributed by atoms with Gasteiger partial charge < -0.3 is 14.8 Å². The van der Waals surface area contributed by atoms with Gasteiger partial charge in [0, 0.05) is 5.69 Å². The van der Waals surface area contributed by atoms with E-state index in [1.54, 1.807) is 36.4 Å². The van der Waals surface area contributed by atoms with Crippen molar-refractivity contribution in [1.29, 1.82) is 0 Å². The minimum atomic E-state index is -3.67. The Morgan fingerprint density at radius 2 is 1.64 bits per heavy atom. The number of nitrogens with one attached hydrogen (secondary N) is 1. The van der Waals surface area contributed by atoms with Crippen molar-refractivity contribution >= 4 is 27.4 Å². The number of benzene rings is 2. The first kappa shape index (κ1) is 21.4. The third-order valence-corrected chi connectivity index (χ3v) is 5.21. The van der Waals surface area contributed by atoms with Crippen molar-refractivity contribution < 1.29 is 27.5 Å². The molecule has 0 saturated heterocycles. The van der Waals surface area contributed by atoms with Crippen molar-refractivity contribution in [2.45, 2.75) is 19.1 Å². The number of amides is 1. The molecule has 2 aromatic carbocycles. The molecule has 2 rings (SSSR count). The van der Waals surface area contributed by atoms with Crippen LogP contribution in [-0.2, 0) is 25.1 Å². The topological polar surface area (TPSA) is 98.8 Å². The molecule has 0 bridgehead atoms. The Morgan fingerprint density at radius 1 is 1.00 bits per heavy atom. The lowest BCUT2D eigenvalue weighted by atomic mass is 10.1. The van der Waals surface area contributed by atoms with Crippen LogP contribution in [-0.4, -0.2) is 39.8 Å². The van der Waals surface area contributed by atoms with E-state index >= 15 is 0 Å². The summed E-state index contributed by atoms with van der Waals surface area (Å²) in [5.74, 6) is -1.38. The second-order valence-corrected chi connectivity index (χ2v) is 8.21. The molecule has 8 heteroatoms. The minimum Gasteiger partial charge on any atom is -0.497 e. The summed E-state index contributed by atoms with van der Waals surface area (Å²) in [7, 11) is -2.14. The molecule has 0 heterocycles. The zero-order valence-electron chi connectivity index (χ0n) is 15.8. The van der Waals surface area contributed by atoms with Crippen LogP contribution < -0.4 is 10.1 Å². The molecule has 0 fully saturated rings. The predicted octanol–water partition coefficient (Wildman–Crippen LogP) is 2.82. The molecule has 7 nitrogen and oxygen atoms in total. The monoisotopic (exact) mass is 405 g/mol. The van der Waals surface area contributed by atoms with E-state index in [2.05, 4.69) is 5.32 Å². The van der Waals surface area contributed by atoms with Gasteiger partial charge in [-0.2, -0.15) is 0 Å². The summed E-state index contributed by atoms with van der Waals surface area (Å²) in [6.07, 6.45) is 0.723. The van der Waals surface area contributed by atoms with Crippen LogP contribution in [0.1, 0.15) is 29.3 Å². The zero-order chi connectivity index (χ0) is 20.6. The maximum absolute atomic E-state index is 12.3. The van der Waals surface area contributed by atoms with E-state index in [4.69, 9.17) is 9.47 Å². The minimum absolute atomic E-state index is 0.298. The fourth-order valence-corrected chi connectivity index (χ4v) is 3.67. The Morgan fingerprint density at radius 3 is 2.21 bits per heavy atom. The second kappa shape index (κ2) is 9.89. The molecule has 0 aliphatic carbocycles. The maximum Gasteiger partial charge on any atom is 0.338 e. The number of esters is 1. The van der Waals surface area contributed by atoms with Crippen molar-refractivity contribution in [2.24, 2.45) is 0 Å². The number of methoxy groups -OCH3 is 1. The molecule has 0 aliphatic rings. The van der Waals surface area contributed by atoms with Gasteiger partial charge in [0.15, 0.2) is 9.84 Å². The van der Waals surface area contributed by atoms with Crippen LogP contribution >= 0.6 is 0 Å². The number of anilines is 1. The highest BCUT2D eigenvalue weighted by Gasteiger charge is 2.18. The van der Waals surface area contributed by atoms with Crippen molar-refractivity contribution in [3.05, 3.63) is 59.7 Å². The van der Waals surface area contributed by atoms with Gasteiger partial charge in [-0.3, -0.25) is 4.79 Å². The number of rotatable bonds is 9. The Hall–Kier alpha value is -2.87. The van der Waals surface area contributed by atoms with E-state index in [-0.39, 0.29) is 5.75 Å². The lowest BCUT2D eigenvalue weighted by Gasteiger charge is -2.08. The van der Waals surface area contributed by atoms with E-state index in [1.165, 1.54) is 19.2 Å². The smallest absolute Gasteiger partial charge is 0.338 e. The Bertz CT molecular complexity index is 905. The molecule has 0 aromatic heterocycles. The second-order valence-electron chi connectivity index (χ2n) is 6.14. The summed E-state index contributed by atoms with van der Waals surface area (Å²) in [5.41, 5.74) is 1.33. The summed E-state index contributed by atoms with van der Waals surface area (Å²) >= 11 is 0. The molecule has 0 radical (unpaired) electrons. The molecule has 0 aliphatic heterocycles. The first-order valence-corrected chi connectivity index (χ1v) is 10.6. The van der Waals surface area contributed by atoms with Crippen LogP contribution in [0.25, 0.3) is 0 Å². The molecule has 0 spiro atoms. The number of sulfone groups is 1. The summed E-state index contributed by atoms with van der Waals surface area (Å²) in [6.45, 7) is 2.23. The van der Waals surface area contributed by atoms with Gasteiger partial charge in [-0.05, 0) is 48.4 Å². The Labute approximate surface area is 164 Å². The highest BCUT2D eigenvalue weighted by atomic mass is 32.2. The van der Waals surface area contributed by atoms with Crippen LogP contribution in [0, 0.1) is 0 Å². The number of ether oxygens (including phenoxy) is 2. The normalized spacial score (nSPS) is 10.9. The van der Waals surface area contributed by atoms with Crippen LogP contribution in [0.5, 0.6) is 5.75 Å². The largest absolute Gasteiger partial charge is 0.497 e. The van der Waals surface area contributed by atoms with Crippen molar-refractivity contribution in [1.82, 2.24) is 0 Å². The third kappa shape index (κ3) is 6.70. The summed E-state index contributed by atoms with van der Waals surface area (Å²) in [5, 5.41) is 2.54. The molecule has 150 valence electrons. The lowest BCUT2D eigenvalue weighted by Crippen LogP contribution is -2.24. The predicted molar refractivity (Wildman–Crippen MR) is 106 cm³/mol. The van der Waals surface area contributed by atoms with E-state index < -0.39 is 27.5 Å². The average molecular weight is 405 g/mol. The Balaban J connectivity index is 1.93. The van der Waals surface area contributed by atoms with Crippen LogP contribution in [0.15, 0.2) is 48.5 Å². The van der Waals surface area contributed by atoms with Crippen LogP contribution in [0.2, 0.25) is 0 Å². The SMILES string of the molecule is CCCOC(=O)c1ccc(CS(=O)(=O)CC(=O)Nc2ccc(OC)cc2)cc1. The Kier molecular flexibility index (Phi) is 7.57. The van der Waals surface area contributed by atoms with Crippen molar-refractivity contribution in [3.8, 4) is 5.75 Å². The van der Waals surface area contributed by atoms with Crippen LogP contribution in [0.3, 0.4) is 0 Å². The van der Waals surface area contributed by atoms with Crippen molar-refractivity contribution in [3.63, 3.8) is 0 Å². The van der Waals surface area contributed by atoms with Crippen LogP contribution in [0.4, 0.5) is 5.69 Å². The lowest BCUT2D eigenvalue weighted by molar-refractivity contribution is -0.113. The molecule has 0 atom stereocenters. The molecule has 2 aromatic rings. The fraction of sp³-hybridized carbons (Fsp3) is 0.300. The highest BCUT2D eigenvalue weighted by Crippen LogP contribution is 2.15. The summed E-state index contributed by atoms with van der Waals surface area (Å²) in [4.78, 5) is 23.8. The number of hydrogen-bond donors (Lipinski definition) is 1. The molecule has 1 amide bonds.